The second-order valence-electron chi connectivity index (χ2n) is 8.14. The largest absolute Gasteiger partial charge is 0.325 e. The smallest absolute Gasteiger partial charge is 0.184 e. The third-order valence-electron chi connectivity index (χ3n) is 6.20. The van der Waals surface area contributed by atoms with Crippen LogP contribution in [-0.2, 0) is 6.54 Å². The maximum Gasteiger partial charge on any atom is 0.184 e. The molecule has 0 unspecified atom stereocenters. The van der Waals surface area contributed by atoms with Gasteiger partial charge in [-0.1, -0.05) is 18.2 Å². The number of nitrogens with two attached hydrogens (primary N) is 1. The molecule has 2 aliphatic carbocycles. The molecule has 0 amide bonds. The van der Waals surface area contributed by atoms with E-state index >= 15 is 0 Å². The molecule has 1 heterocycles. The summed E-state index contributed by atoms with van der Waals surface area (Å²) >= 11 is 0. The van der Waals surface area contributed by atoms with E-state index in [0.717, 1.165) is 49.8 Å². The summed E-state index contributed by atoms with van der Waals surface area (Å²) in [6.07, 6.45) is 5.99. The minimum absolute atomic E-state index is 0.0424. The molecule has 1 aromatic carbocycles. The molecule has 0 aliphatic heterocycles. The number of aryl methyl sites for hydroxylation is 1. The van der Waals surface area contributed by atoms with Crippen LogP contribution in [0.1, 0.15) is 83.2 Å². The zero-order chi connectivity index (χ0) is 19.0. The summed E-state index contributed by atoms with van der Waals surface area (Å²) in [5, 5.41) is 0. The van der Waals surface area contributed by atoms with Crippen LogP contribution < -0.4 is 5.73 Å². The van der Waals surface area contributed by atoms with E-state index in [4.69, 9.17) is 5.73 Å². The van der Waals surface area contributed by atoms with E-state index in [0.29, 0.717) is 29.6 Å². The first-order valence-electron chi connectivity index (χ1n) is 10.1. The second-order valence-corrected chi connectivity index (χ2v) is 8.14. The van der Waals surface area contributed by atoms with Crippen LogP contribution in [0.5, 0.6) is 0 Å². The number of halogens is 1. The summed E-state index contributed by atoms with van der Waals surface area (Å²) < 4.78 is 13.5. The van der Waals surface area contributed by atoms with Gasteiger partial charge in [0.2, 0.25) is 0 Å². The summed E-state index contributed by atoms with van der Waals surface area (Å²) in [7, 11) is 0. The fourth-order valence-electron chi connectivity index (χ4n) is 4.35. The first-order valence-corrected chi connectivity index (χ1v) is 10.1. The summed E-state index contributed by atoms with van der Waals surface area (Å²) in [5.41, 5.74) is 10.2. The van der Waals surface area contributed by atoms with E-state index in [1.54, 1.807) is 6.07 Å². The highest BCUT2D eigenvalue weighted by Gasteiger charge is 2.33. The van der Waals surface area contributed by atoms with Gasteiger partial charge in [0.15, 0.2) is 5.78 Å². The Labute approximate surface area is 160 Å². The molecule has 4 rings (SSSR count). The number of benzene rings is 1. The van der Waals surface area contributed by atoms with Crippen molar-refractivity contribution in [1.29, 1.82) is 0 Å². The third-order valence-corrected chi connectivity index (χ3v) is 6.20. The standard InChI is InChI=1S/C23H27FN2O/c1-14-12-18(8-11-21(14)24)15-2-6-17(7-3-15)23(27)22-20(16-4-5-16)10-9-19(13-25)26-22/h8-12,15-17H,2-7,13,25H2,1H3. The molecule has 0 saturated heterocycles. The van der Waals surface area contributed by atoms with Crippen molar-refractivity contribution >= 4 is 5.78 Å². The van der Waals surface area contributed by atoms with Gasteiger partial charge in [-0.25, -0.2) is 9.37 Å². The van der Waals surface area contributed by atoms with Crippen LogP contribution >= 0.6 is 0 Å². The molecule has 2 fully saturated rings. The number of hydrogen-bond donors (Lipinski definition) is 1. The number of nitrogens with zero attached hydrogens (tertiary/aromatic N) is 1. The zero-order valence-electron chi connectivity index (χ0n) is 15.9. The summed E-state index contributed by atoms with van der Waals surface area (Å²) in [4.78, 5) is 17.8. The molecule has 0 atom stereocenters. The van der Waals surface area contributed by atoms with E-state index in [2.05, 4.69) is 11.1 Å². The molecule has 2 saturated carbocycles. The monoisotopic (exact) mass is 366 g/mol. The van der Waals surface area contributed by atoms with E-state index in [1.165, 1.54) is 5.56 Å². The Morgan fingerprint density at radius 3 is 2.41 bits per heavy atom. The Morgan fingerprint density at radius 2 is 1.78 bits per heavy atom. The van der Waals surface area contributed by atoms with Crippen molar-refractivity contribution in [2.75, 3.05) is 0 Å². The number of Topliss-reactive ketones (excluding diaryl/α,β-unsaturated/α-hetero) is 1. The molecular formula is C23H27FN2O. The van der Waals surface area contributed by atoms with Gasteiger partial charge in [-0.2, -0.15) is 0 Å². The van der Waals surface area contributed by atoms with Gasteiger partial charge in [0.05, 0.1) is 5.69 Å². The van der Waals surface area contributed by atoms with Gasteiger partial charge in [-0.15, -0.1) is 0 Å². The van der Waals surface area contributed by atoms with Crippen LogP contribution in [0.3, 0.4) is 0 Å². The lowest BCUT2D eigenvalue weighted by Crippen LogP contribution is -2.23. The van der Waals surface area contributed by atoms with Crippen LogP contribution in [0.4, 0.5) is 4.39 Å². The number of ketones is 1. The van der Waals surface area contributed by atoms with Crippen molar-refractivity contribution in [3.05, 3.63) is 64.2 Å². The first kappa shape index (κ1) is 18.3. The Balaban J connectivity index is 1.48. The van der Waals surface area contributed by atoms with Gasteiger partial charge in [-0.05, 0) is 86.1 Å². The lowest BCUT2D eigenvalue weighted by molar-refractivity contribution is 0.0877. The molecule has 142 valence electrons. The normalized spacial score (nSPS) is 22.6. The summed E-state index contributed by atoms with van der Waals surface area (Å²) in [6, 6.07) is 9.43. The lowest BCUT2D eigenvalue weighted by atomic mass is 9.76. The third kappa shape index (κ3) is 3.81. The summed E-state index contributed by atoms with van der Waals surface area (Å²) in [5.74, 6) is 1.00. The first-order chi connectivity index (χ1) is 13.1. The lowest BCUT2D eigenvalue weighted by Gasteiger charge is -2.28. The molecule has 2 N–H and O–H groups in total. The van der Waals surface area contributed by atoms with Crippen molar-refractivity contribution < 1.29 is 9.18 Å². The molecule has 3 nitrogen and oxygen atoms in total. The highest BCUT2D eigenvalue weighted by Crippen LogP contribution is 2.43. The number of carbonyl (C=O) groups excluding carboxylic acids is 1. The average molecular weight is 366 g/mol. The van der Waals surface area contributed by atoms with Crippen LogP contribution in [0, 0.1) is 18.7 Å². The SMILES string of the molecule is Cc1cc(C2CCC(C(=O)c3nc(CN)ccc3C3CC3)CC2)ccc1F. The maximum absolute atomic E-state index is 13.5. The van der Waals surface area contributed by atoms with Crippen molar-refractivity contribution in [2.45, 2.75) is 63.8 Å². The van der Waals surface area contributed by atoms with Crippen molar-refractivity contribution in [2.24, 2.45) is 11.7 Å². The number of carbonyl (C=O) groups is 1. The van der Waals surface area contributed by atoms with Crippen molar-refractivity contribution in [3.8, 4) is 0 Å². The molecule has 1 aromatic heterocycles. The van der Waals surface area contributed by atoms with Crippen LogP contribution in [-0.4, -0.2) is 10.8 Å². The molecular weight excluding hydrogens is 339 g/mol. The van der Waals surface area contributed by atoms with Gasteiger partial charge in [-0.3, -0.25) is 4.79 Å². The Bertz CT molecular complexity index is 851. The highest BCUT2D eigenvalue weighted by molar-refractivity contribution is 5.97. The minimum atomic E-state index is -0.152. The van der Waals surface area contributed by atoms with E-state index in [-0.39, 0.29) is 17.5 Å². The van der Waals surface area contributed by atoms with Crippen LogP contribution in [0.25, 0.3) is 0 Å². The number of rotatable bonds is 5. The Kier molecular flexibility index (Phi) is 5.09. The quantitative estimate of drug-likeness (QED) is 0.756. The summed E-state index contributed by atoms with van der Waals surface area (Å²) in [6.45, 7) is 2.17. The zero-order valence-corrected chi connectivity index (χ0v) is 15.9. The number of pyridine rings is 1. The van der Waals surface area contributed by atoms with Crippen molar-refractivity contribution in [1.82, 2.24) is 4.98 Å². The molecule has 0 spiro atoms. The number of hydrogen-bond acceptors (Lipinski definition) is 3. The molecule has 2 aliphatic rings. The van der Waals surface area contributed by atoms with Gasteiger partial charge < -0.3 is 5.73 Å². The average Bonchev–Trinajstić information content (AvgIpc) is 3.54. The van der Waals surface area contributed by atoms with E-state index in [9.17, 15) is 9.18 Å². The Morgan fingerprint density at radius 1 is 1.07 bits per heavy atom. The van der Waals surface area contributed by atoms with Gasteiger partial charge in [0, 0.05) is 12.5 Å². The predicted molar refractivity (Wildman–Crippen MR) is 104 cm³/mol. The fraction of sp³-hybridized carbons (Fsp3) is 0.478. The van der Waals surface area contributed by atoms with Crippen molar-refractivity contribution in [3.63, 3.8) is 0 Å². The molecule has 0 radical (unpaired) electrons. The van der Waals surface area contributed by atoms with Gasteiger partial charge >= 0.3 is 0 Å². The molecule has 2 aromatic rings. The fourth-order valence-corrected chi connectivity index (χ4v) is 4.35. The Hall–Kier alpha value is -2.07. The van der Waals surface area contributed by atoms with Crippen LogP contribution in [0.2, 0.25) is 0 Å². The van der Waals surface area contributed by atoms with Gasteiger partial charge in [0.1, 0.15) is 11.5 Å². The minimum Gasteiger partial charge on any atom is -0.325 e. The second kappa shape index (κ2) is 7.51. The topological polar surface area (TPSA) is 56.0 Å². The predicted octanol–water partition coefficient (Wildman–Crippen LogP) is 5.02. The molecule has 0 bridgehead atoms. The van der Waals surface area contributed by atoms with Crippen LogP contribution in [0.15, 0.2) is 30.3 Å². The molecule has 4 heteroatoms. The highest BCUT2D eigenvalue weighted by atomic mass is 19.1. The van der Waals surface area contributed by atoms with E-state index in [1.807, 2.05) is 25.1 Å². The maximum atomic E-state index is 13.5. The van der Waals surface area contributed by atoms with Gasteiger partial charge in [0.25, 0.3) is 0 Å². The molecule has 27 heavy (non-hydrogen) atoms. The number of aromatic nitrogens is 1. The van der Waals surface area contributed by atoms with E-state index < -0.39 is 0 Å².